The number of Topliss-reactive ketones (excluding diaryl/α,β-unsaturated/α-hetero) is 1. The standard InChI is InChI=1S/C34H39FN4O5S2/c1-21(2)24-16-28(45-19-24)32(42)39-14-15-44-34(20-39)9-12-38(13-10-34)18-23-5-3-4-22(29(23)35)8-11-36-17-27(41)25-6-7-26(40)30-31(25)46-33(43)37-30/h3-7,16,19,21,36,40H,8-15,17-18,20H2,1-2H3,(H,37,43). The molecule has 2 saturated heterocycles. The quantitative estimate of drug-likeness (QED) is 0.159. The number of piperidine rings is 1. The minimum atomic E-state index is -0.364. The molecule has 4 aromatic rings. The molecule has 1 spiro atoms. The molecule has 2 aliphatic rings. The zero-order chi connectivity index (χ0) is 32.4. The summed E-state index contributed by atoms with van der Waals surface area (Å²) >= 11 is 2.40. The zero-order valence-electron chi connectivity index (χ0n) is 26.1. The lowest BCUT2D eigenvalue weighted by Gasteiger charge is -2.47. The third kappa shape index (κ3) is 6.96. The van der Waals surface area contributed by atoms with Crippen LogP contribution in [0, 0.1) is 5.82 Å². The average Bonchev–Trinajstić information content (AvgIpc) is 3.70. The first-order valence-electron chi connectivity index (χ1n) is 15.7. The van der Waals surface area contributed by atoms with Gasteiger partial charge in [-0.25, -0.2) is 4.39 Å². The summed E-state index contributed by atoms with van der Waals surface area (Å²) in [7, 11) is 0. The molecule has 0 unspecified atom stereocenters. The van der Waals surface area contributed by atoms with Crippen molar-refractivity contribution in [2.45, 2.75) is 51.2 Å². The molecule has 2 fully saturated rings. The van der Waals surface area contributed by atoms with Crippen LogP contribution in [0.4, 0.5) is 4.39 Å². The van der Waals surface area contributed by atoms with Gasteiger partial charge in [-0.2, -0.15) is 0 Å². The lowest BCUT2D eigenvalue weighted by atomic mass is 9.89. The highest BCUT2D eigenvalue weighted by Crippen LogP contribution is 2.33. The third-order valence-corrected chi connectivity index (χ3v) is 10.9. The van der Waals surface area contributed by atoms with Crippen LogP contribution >= 0.6 is 22.7 Å². The molecular weight excluding hydrogens is 628 g/mol. The van der Waals surface area contributed by atoms with Gasteiger partial charge in [0.25, 0.3) is 5.91 Å². The van der Waals surface area contributed by atoms with Crippen molar-refractivity contribution in [3.05, 3.63) is 84.4 Å². The van der Waals surface area contributed by atoms with E-state index in [4.69, 9.17) is 4.74 Å². The van der Waals surface area contributed by atoms with Crippen molar-refractivity contribution in [2.75, 3.05) is 45.9 Å². The van der Waals surface area contributed by atoms with E-state index in [1.807, 2.05) is 23.1 Å². The predicted molar refractivity (Wildman–Crippen MR) is 179 cm³/mol. The first-order valence-corrected chi connectivity index (χ1v) is 17.4. The van der Waals surface area contributed by atoms with Gasteiger partial charge < -0.3 is 25.0 Å². The number of hydrogen-bond acceptors (Lipinski definition) is 9. The Balaban J connectivity index is 0.994. The fraction of sp³-hybridized carbons (Fsp3) is 0.441. The number of aromatic hydroxyl groups is 1. The molecule has 244 valence electrons. The molecule has 3 N–H and O–H groups in total. The van der Waals surface area contributed by atoms with E-state index < -0.39 is 0 Å². The number of aromatic amines is 1. The van der Waals surface area contributed by atoms with Gasteiger partial charge in [0.2, 0.25) is 0 Å². The number of phenols is 1. The Bertz CT molecular complexity index is 1790. The number of ether oxygens (including phenoxy) is 1. The first-order chi connectivity index (χ1) is 22.1. The van der Waals surface area contributed by atoms with E-state index in [1.165, 1.54) is 29.0 Å². The number of hydrogen-bond donors (Lipinski definition) is 3. The number of nitrogens with one attached hydrogen (secondary N) is 2. The Morgan fingerprint density at radius 3 is 2.70 bits per heavy atom. The highest BCUT2D eigenvalue weighted by Gasteiger charge is 2.41. The molecule has 0 atom stereocenters. The van der Waals surface area contributed by atoms with Crippen molar-refractivity contribution in [1.82, 2.24) is 20.1 Å². The number of thiazole rings is 1. The Labute approximate surface area is 275 Å². The number of halogens is 1. The highest BCUT2D eigenvalue weighted by molar-refractivity contribution is 7.16. The van der Waals surface area contributed by atoms with Crippen molar-refractivity contribution in [2.24, 2.45) is 0 Å². The maximum Gasteiger partial charge on any atom is 0.305 e. The van der Waals surface area contributed by atoms with Gasteiger partial charge in [0.15, 0.2) is 5.78 Å². The summed E-state index contributed by atoms with van der Waals surface area (Å²) in [5, 5.41) is 15.1. The number of aromatic nitrogens is 1. The Hall–Kier alpha value is -3.42. The summed E-state index contributed by atoms with van der Waals surface area (Å²) in [6, 6.07) is 10.4. The van der Waals surface area contributed by atoms with E-state index in [9.17, 15) is 19.5 Å². The van der Waals surface area contributed by atoms with Crippen molar-refractivity contribution >= 4 is 44.6 Å². The van der Waals surface area contributed by atoms with Crippen molar-refractivity contribution in [3.8, 4) is 5.75 Å². The predicted octanol–water partition coefficient (Wildman–Crippen LogP) is 5.14. The molecule has 9 nitrogen and oxygen atoms in total. The first kappa shape index (κ1) is 32.5. The second kappa shape index (κ2) is 13.7. The normalized spacial score (nSPS) is 16.9. The molecule has 46 heavy (non-hydrogen) atoms. The number of nitrogens with zero attached hydrogens (tertiary/aromatic N) is 2. The van der Waals surface area contributed by atoms with Crippen molar-refractivity contribution in [3.63, 3.8) is 0 Å². The molecule has 6 rings (SSSR count). The number of likely N-dealkylation sites (tertiary alicyclic amines) is 1. The lowest BCUT2D eigenvalue weighted by Crippen LogP contribution is -2.57. The van der Waals surface area contributed by atoms with Gasteiger partial charge in [0.1, 0.15) is 17.1 Å². The minimum Gasteiger partial charge on any atom is -0.506 e. The summed E-state index contributed by atoms with van der Waals surface area (Å²) in [4.78, 5) is 45.0. The number of rotatable bonds is 10. The van der Waals surface area contributed by atoms with Gasteiger partial charge in [-0.05, 0) is 66.4 Å². The van der Waals surface area contributed by atoms with Crippen LogP contribution in [0.2, 0.25) is 0 Å². The maximum absolute atomic E-state index is 15.5. The number of ketones is 1. The molecule has 0 saturated carbocycles. The Kier molecular flexibility index (Phi) is 9.72. The topological polar surface area (TPSA) is 115 Å². The molecule has 0 radical (unpaired) electrons. The summed E-state index contributed by atoms with van der Waals surface area (Å²) in [6.07, 6.45) is 1.98. The Morgan fingerprint density at radius 2 is 1.93 bits per heavy atom. The van der Waals surface area contributed by atoms with Gasteiger partial charge in [0.05, 0.1) is 34.9 Å². The van der Waals surface area contributed by atoms with Crippen molar-refractivity contribution < 1.29 is 23.8 Å². The van der Waals surface area contributed by atoms with Gasteiger partial charge in [-0.1, -0.05) is 43.4 Å². The number of morpholine rings is 1. The van der Waals surface area contributed by atoms with Crippen LogP contribution in [0.5, 0.6) is 5.75 Å². The molecule has 2 aliphatic heterocycles. The Morgan fingerprint density at radius 1 is 1.15 bits per heavy atom. The SMILES string of the molecule is CC(C)c1csc(C(=O)N2CCOC3(CCN(Cc4cccc(CCNCC(=O)c5ccc(O)c6[nH]c(=O)sc56)c4F)CC3)C2)c1. The van der Waals surface area contributed by atoms with E-state index >= 15 is 4.39 Å². The highest BCUT2D eigenvalue weighted by atomic mass is 32.1. The largest absolute Gasteiger partial charge is 0.506 e. The average molecular weight is 667 g/mol. The third-order valence-electron chi connectivity index (χ3n) is 9.07. The molecule has 0 aliphatic carbocycles. The van der Waals surface area contributed by atoms with E-state index in [0.717, 1.165) is 42.1 Å². The van der Waals surface area contributed by atoms with Crippen LogP contribution in [0.25, 0.3) is 10.2 Å². The van der Waals surface area contributed by atoms with Gasteiger partial charge >= 0.3 is 4.87 Å². The lowest BCUT2D eigenvalue weighted by molar-refractivity contribution is -0.127. The number of carbonyl (C=O) groups is 2. The van der Waals surface area contributed by atoms with Crippen LogP contribution in [-0.2, 0) is 17.7 Å². The molecule has 0 bridgehead atoms. The molecule has 2 aromatic heterocycles. The van der Waals surface area contributed by atoms with E-state index in [-0.39, 0.29) is 45.8 Å². The summed E-state index contributed by atoms with van der Waals surface area (Å²) in [5.41, 5.74) is 2.68. The van der Waals surface area contributed by atoms with Gasteiger partial charge in [-0.3, -0.25) is 19.3 Å². The molecular formula is C34H39FN4O5S2. The zero-order valence-corrected chi connectivity index (χ0v) is 27.7. The van der Waals surface area contributed by atoms with Crippen LogP contribution < -0.4 is 10.2 Å². The van der Waals surface area contributed by atoms with Gasteiger partial charge in [-0.15, -0.1) is 11.3 Å². The minimum absolute atomic E-state index is 0.0280. The number of fused-ring (bicyclic) bond motifs is 1. The fourth-order valence-electron chi connectivity index (χ4n) is 6.31. The van der Waals surface area contributed by atoms with E-state index in [0.29, 0.717) is 66.5 Å². The summed E-state index contributed by atoms with van der Waals surface area (Å²) in [6.45, 7) is 8.40. The fourth-order valence-corrected chi connectivity index (χ4v) is 8.23. The number of phenolic OH excluding ortho intramolecular Hbond substituents is 1. The number of thiophene rings is 1. The summed E-state index contributed by atoms with van der Waals surface area (Å²) < 4.78 is 22.3. The van der Waals surface area contributed by atoms with E-state index in [2.05, 4.69) is 34.4 Å². The van der Waals surface area contributed by atoms with Crippen molar-refractivity contribution in [1.29, 1.82) is 0 Å². The smallest absolute Gasteiger partial charge is 0.305 e. The monoisotopic (exact) mass is 666 g/mol. The van der Waals surface area contributed by atoms with Crippen LogP contribution in [0.3, 0.4) is 0 Å². The van der Waals surface area contributed by atoms with Crippen LogP contribution in [-0.4, -0.2) is 83.1 Å². The molecule has 2 aromatic carbocycles. The second-order valence-electron chi connectivity index (χ2n) is 12.5. The second-order valence-corrected chi connectivity index (χ2v) is 14.4. The molecule has 1 amide bonds. The molecule has 12 heteroatoms. The van der Waals surface area contributed by atoms with Crippen LogP contribution in [0.1, 0.15) is 69.3 Å². The number of H-pyrrole nitrogens is 1. The number of carbonyl (C=O) groups excluding carboxylic acids is 2. The number of benzene rings is 2. The number of amides is 1. The van der Waals surface area contributed by atoms with Crippen LogP contribution in [0.15, 0.2) is 46.6 Å². The van der Waals surface area contributed by atoms with Gasteiger partial charge in [0, 0.05) is 37.3 Å². The summed E-state index contributed by atoms with van der Waals surface area (Å²) in [5.74, 6) is -0.0420. The maximum atomic E-state index is 15.5. The molecule has 4 heterocycles. The van der Waals surface area contributed by atoms with E-state index in [1.54, 1.807) is 6.07 Å².